The van der Waals surface area contributed by atoms with Gasteiger partial charge in [0.25, 0.3) is 5.69 Å². The molecule has 0 spiro atoms. The Morgan fingerprint density at radius 3 is 2.19 bits per heavy atom. The van der Waals surface area contributed by atoms with Crippen molar-refractivity contribution in [1.82, 2.24) is 9.62 Å². The number of nitro groups is 1. The quantitative estimate of drug-likeness (QED) is 0.374. The summed E-state index contributed by atoms with van der Waals surface area (Å²) in [5, 5.41) is 11.6. The molecule has 0 radical (unpaired) electrons. The summed E-state index contributed by atoms with van der Waals surface area (Å²) < 4.78 is 37.4. The van der Waals surface area contributed by atoms with Gasteiger partial charge in [0.05, 0.1) is 23.0 Å². The zero-order valence-corrected chi connectivity index (χ0v) is 17.0. The largest absolute Gasteiger partial charge is 0.383 e. The topological polar surface area (TPSA) is 114 Å². The molecular weight excluding hydrogens is 376 g/mol. The van der Waals surface area contributed by atoms with E-state index in [0.29, 0.717) is 38.5 Å². The molecule has 0 aliphatic heterocycles. The molecule has 1 rings (SSSR count). The van der Waals surface area contributed by atoms with Gasteiger partial charge in [-0.25, -0.2) is 13.1 Å². The van der Waals surface area contributed by atoms with Crippen LogP contribution < -0.4 is 9.62 Å². The Kier molecular flexibility index (Phi) is 9.60. The number of rotatable bonds is 13. The second kappa shape index (κ2) is 11.1. The van der Waals surface area contributed by atoms with E-state index in [4.69, 9.17) is 9.47 Å². The number of nitrogens with one attached hydrogen (secondary N) is 1. The molecule has 0 amide bonds. The molecule has 11 heteroatoms. The summed E-state index contributed by atoms with van der Waals surface area (Å²) in [5.41, 5.74) is 0.0408. The number of sulfonamides is 1. The fourth-order valence-electron chi connectivity index (χ4n) is 2.33. The fourth-order valence-corrected chi connectivity index (χ4v) is 3.37. The van der Waals surface area contributed by atoms with Gasteiger partial charge in [0.1, 0.15) is 5.69 Å². The van der Waals surface area contributed by atoms with Crippen LogP contribution in [-0.2, 0) is 19.5 Å². The molecule has 0 aliphatic rings. The Morgan fingerprint density at radius 2 is 1.70 bits per heavy atom. The molecule has 1 aromatic rings. The van der Waals surface area contributed by atoms with Crippen LogP contribution in [0.15, 0.2) is 23.1 Å². The van der Waals surface area contributed by atoms with Crippen LogP contribution in [0.2, 0.25) is 0 Å². The minimum absolute atomic E-state index is 0.143. The summed E-state index contributed by atoms with van der Waals surface area (Å²) in [6.07, 6.45) is 0. The van der Waals surface area contributed by atoms with Crippen molar-refractivity contribution < 1.29 is 22.8 Å². The maximum absolute atomic E-state index is 12.4. The van der Waals surface area contributed by atoms with Crippen LogP contribution in [-0.4, -0.2) is 85.9 Å². The minimum atomic E-state index is -3.84. The predicted molar refractivity (Wildman–Crippen MR) is 103 cm³/mol. The molecule has 0 heterocycles. The SMILES string of the molecule is COCCN(CCOC)c1ccc(S(=O)(=O)NCCN(C)C)cc1[N+](=O)[O-]. The Morgan fingerprint density at radius 1 is 1.11 bits per heavy atom. The van der Waals surface area contributed by atoms with Crippen molar-refractivity contribution in [3.8, 4) is 0 Å². The molecule has 0 aliphatic carbocycles. The molecular formula is C16H28N4O6S. The van der Waals surface area contributed by atoms with E-state index in [-0.39, 0.29) is 17.1 Å². The number of hydrogen-bond donors (Lipinski definition) is 1. The molecule has 154 valence electrons. The molecule has 0 bridgehead atoms. The van der Waals surface area contributed by atoms with Crippen LogP contribution in [0.4, 0.5) is 11.4 Å². The van der Waals surface area contributed by atoms with Crippen molar-refractivity contribution in [2.45, 2.75) is 4.90 Å². The van der Waals surface area contributed by atoms with E-state index in [1.807, 2.05) is 19.0 Å². The normalized spacial score (nSPS) is 11.7. The van der Waals surface area contributed by atoms with Gasteiger partial charge in [0.2, 0.25) is 10.0 Å². The van der Waals surface area contributed by atoms with Crippen molar-refractivity contribution in [2.75, 3.05) is 72.6 Å². The lowest BCUT2D eigenvalue weighted by Crippen LogP contribution is -2.32. The zero-order valence-electron chi connectivity index (χ0n) is 16.2. The molecule has 27 heavy (non-hydrogen) atoms. The van der Waals surface area contributed by atoms with Gasteiger partial charge in [0, 0.05) is 46.5 Å². The lowest BCUT2D eigenvalue weighted by atomic mass is 10.2. The van der Waals surface area contributed by atoms with Gasteiger partial charge >= 0.3 is 0 Å². The van der Waals surface area contributed by atoms with Crippen molar-refractivity contribution in [3.05, 3.63) is 28.3 Å². The molecule has 0 unspecified atom stereocenters. The van der Waals surface area contributed by atoms with Crippen LogP contribution in [0.25, 0.3) is 0 Å². The monoisotopic (exact) mass is 404 g/mol. The van der Waals surface area contributed by atoms with Gasteiger partial charge in [-0.15, -0.1) is 0 Å². The van der Waals surface area contributed by atoms with Crippen LogP contribution in [0, 0.1) is 10.1 Å². The Hall–Kier alpha value is -1.79. The number of likely N-dealkylation sites (N-methyl/N-ethyl adjacent to an activating group) is 1. The van der Waals surface area contributed by atoms with Gasteiger partial charge in [0.15, 0.2) is 0 Å². The molecule has 0 saturated carbocycles. The Bertz CT molecular complexity index is 703. The molecule has 0 fully saturated rings. The first-order valence-corrected chi connectivity index (χ1v) is 9.87. The van der Waals surface area contributed by atoms with E-state index in [1.54, 1.807) is 4.90 Å². The van der Waals surface area contributed by atoms with Gasteiger partial charge in [-0.2, -0.15) is 0 Å². The predicted octanol–water partition coefficient (Wildman–Crippen LogP) is 0.534. The van der Waals surface area contributed by atoms with E-state index in [9.17, 15) is 18.5 Å². The lowest BCUT2D eigenvalue weighted by molar-refractivity contribution is -0.384. The van der Waals surface area contributed by atoms with E-state index < -0.39 is 14.9 Å². The summed E-state index contributed by atoms with van der Waals surface area (Å²) in [6, 6.07) is 3.90. The lowest BCUT2D eigenvalue weighted by Gasteiger charge is -2.24. The highest BCUT2D eigenvalue weighted by Crippen LogP contribution is 2.30. The number of hydrogen-bond acceptors (Lipinski definition) is 8. The van der Waals surface area contributed by atoms with Gasteiger partial charge in [-0.3, -0.25) is 10.1 Å². The summed E-state index contributed by atoms with van der Waals surface area (Å²) in [6.45, 7) is 2.28. The van der Waals surface area contributed by atoms with E-state index >= 15 is 0 Å². The number of anilines is 1. The molecule has 10 nitrogen and oxygen atoms in total. The molecule has 0 aromatic heterocycles. The highest BCUT2D eigenvalue weighted by atomic mass is 32.2. The summed E-state index contributed by atoms with van der Waals surface area (Å²) in [5.74, 6) is 0. The van der Waals surface area contributed by atoms with Crippen LogP contribution in [0.1, 0.15) is 0 Å². The number of benzene rings is 1. The van der Waals surface area contributed by atoms with Crippen LogP contribution >= 0.6 is 0 Å². The Labute approximate surface area is 160 Å². The third-order valence-electron chi connectivity index (χ3n) is 3.78. The average molecular weight is 404 g/mol. The van der Waals surface area contributed by atoms with Crippen molar-refractivity contribution in [2.24, 2.45) is 0 Å². The highest BCUT2D eigenvalue weighted by molar-refractivity contribution is 7.89. The molecule has 0 saturated heterocycles. The van der Waals surface area contributed by atoms with Crippen LogP contribution in [0.3, 0.4) is 0 Å². The summed E-state index contributed by atoms with van der Waals surface area (Å²) >= 11 is 0. The highest BCUT2D eigenvalue weighted by Gasteiger charge is 2.24. The number of ether oxygens (including phenoxy) is 2. The van der Waals surface area contributed by atoms with Crippen molar-refractivity contribution >= 4 is 21.4 Å². The second-order valence-electron chi connectivity index (χ2n) is 6.08. The average Bonchev–Trinajstić information content (AvgIpc) is 2.61. The third-order valence-corrected chi connectivity index (χ3v) is 5.24. The fraction of sp³-hybridized carbons (Fsp3) is 0.625. The zero-order chi connectivity index (χ0) is 20.4. The molecule has 1 aromatic carbocycles. The van der Waals surface area contributed by atoms with Gasteiger partial charge in [-0.05, 0) is 26.2 Å². The number of methoxy groups -OCH3 is 2. The van der Waals surface area contributed by atoms with Gasteiger partial charge < -0.3 is 19.3 Å². The van der Waals surface area contributed by atoms with Crippen molar-refractivity contribution in [1.29, 1.82) is 0 Å². The van der Waals surface area contributed by atoms with E-state index in [0.717, 1.165) is 6.07 Å². The third kappa shape index (κ3) is 7.39. The number of nitro benzene ring substituents is 1. The first-order chi connectivity index (χ1) is 12.7. The second-order valence-corrected chi connectivity index (χ2v) is 7.85. The van der Waals surface area contributed by atoms with Crippen LogP contribution in [0.5, 0.6) is 0 Å². The van der Waals surface area contributed by atoms with Crippen molar-refractivity contribution in [3.63, 3.8) is 0 Å². The molecule has 1 N–H and O–H groups in total. The smallest absolute Gasteiger partial charge is 0.293 e. The van der Waals surface area contributed by atoms with E-state index in [2.05, 4.69) is 4.72 Å². The van der Waals surface area contributed by atoms with E-state index in [1.165, 1.54) is 26.4 Å². The minimum Gasteiger partial charge on any atom is -0.383 e. The first-order valence-electron chi connectivity index (χ1n) is 8.38. The standard InChI is InChI=1S/C16H28N4O6S/c1-18(2)8-7-17-27(23,24)14-5-6-15(16(13-14)20(21)22)19(9-11-25-3)10-12-26-4/h5-6,13,17H,7-12H2,1-4H3. The maximum atomic E-state index is 12.4. The van der Waals surface area contributed by atoms with Gasteiger partial charge in [-0.1, -0.05) is 0 Å². The number of nitrogens with zero attached hydrogens (tertiary/aromatic N) is 3. The molecule has 0 atom stereocenters. The summed E-state index contributed by atoms with van der Waals surface area (Å²) in [4.78, 5) is 14.4. The summed E-state index contributed by atoms with van der Waals surface area (Å²) in [7, 11) is 2.89. The first kappa shape index (κ1) is 23.2. The maximum Gasteiger partial charge on any atom is 0.293 e. The Balaban J connectivity index is 3.16.